The van der Waals surface area contributed by atoms with Gasteiger partial charge in [-0.1, -0.05) is 75.7 Å². The van der Waals surface area contributed by atoms with Crippen LogP contribution in [0.2, 0.25) is 0 Å². The fourth-order valence-electron chi connectivity index (χ4n) is 5.68. The lowest BCUT2D eigenvalue weighted by Crippen LogP contribution is -2.60. The first-order valence-electron chi connectivity index (χ1n) is 12.3. The summed E-state index contributed by atoms with van der Waals surface area (Å²) in [5.41, 5.74) is 2.69. The molecule has 0 radical (unpaired) electrons. The largest absolute Gasteiger partial charge is 0.480 e. The Hall–Kier alpha value is -3.35. The number of hydrogen-bond donors (Lipinski definition) is 2. The summed E-state index contributed by atoms with van der Waals surface area (Å²) in [7, 11) is 0. The summed E-state index contributed by atoms with van der Waals surface area (Å²) in [6.45, 7) is 7.78. The molecule has 7 nitrogen and oxygen atoms in total. The molecule has 1 fully saturated rings. The van der Waals surface area contributed by atoms with Gasteiger partial charge in [-0.05, 0) is 47.4 Å². The van der Waals surface area contributed by atoms with Crippen LogP contribution in [0, 0.1) is 5.41 Å². The van der Waals surface area contributed by atoms with Gasteiger partial charge in [-0.15, -0.1) is 0 Å². The van der Waals surface area contributed by atoms with Crippen molar-refractivity contribution in [1.29, 1.82) is 0 Å². The Bertz CT molecular complexity index is 1100. The number of nitrogens with zero attached hydrogens (tertiary/aromatic N) is 1. The van der Waals surface area contributed by atoms with Gasteiger partial charge in [0.25, 0.3) is 0 Å². The Morgan fingerprint density at radius 2 is 1.66 bits per heavy atom. The fraction of sp³-hybridized carbons (Fsp3) is 0.464. The van der Waals surface area contributed by atoms with Gasteiger partial charge < -0.3 is 20.1 Å². The van der Waals surface area contributed by atoms with Crippen LogP contribution in [0.1, 0.15) is 64.0 Å². The van der Waals surface area contributed by atoms with Crippen molar-refractivity contribution in [3.8, 4) is 11.1 Å². The van der Waals surface area contributed by atoms with E-state index in [4.69, 9.17) is 4.74 Å². The molecule has 2 unspecified atom stereocenters. The number of fused-ring (bicyclic) bond motifs is 3. The molecule has 35 heavy (non-hydrogen) atoms. The maximum atomic E-state index is 13.6. The van der Waals surface area contributed by atoms with Crippen molar-refractivity contribution in [3.05, 3.63) is 59.7 Å². The Morgan fingerprint density at radius 1 is 1.09 bits per heavy atom. The number of carbonyl (C=O) groups excluding carboxylic acids is 2. The molecule has 4 rings (SSSR count). The number of alkyl carbamates (subject to hydrolysis) is 1. The number of ether oxygens (including phenoxy) is 1. The minimum absolute atomic E-state index is 0.0861. The first-order chi connectivity index (χ1) is 16.6. The molecule has 0 bridgehead atoms. The van der Waals surface area contributed by atoms with Gasteiger partial charge in [0.05, 0.1) is 0 Å². The van der Waals surface area contributed by atoms with Crippen LogP contribution in [0.3, 0.4) is 0 Å². The van der Waals surface area contributed by atoms with Gasteiger partial charge in [-0.2, -0.15) is 0 Å². The van der Waals surface area contributed by atoms with Gasteiger partial charge in [-0.25, -0.2) is 9.59 Å². The van der Waals surface area contributed by atoms with Crippen molar-refractivity contribution in [2.24, 2.45) is 5.41 Å². The highest BCUT2D eigenvalue weighted by Crippen LogP contribution is 2.44. The molecule has 2 N–H and O–H groups in total. The van der Waals surface area contributed by atoms with Crippen molar-refractivity contribution in [2.75, 3.05) is 13.2 Å². The molecule has 0 spiro atoms. The zero-order chi connectivity index (χ0) is 25.4. The van der Waals surface area contributed by atoms with Crippen molar-refractivity contribution in [1.82, 2.24) is 10.2 Å². The van der Waals surface area contributed by atoms with Crippen molar-refractivity contribution in [2.45, 2.75) is 64.5 Å². The Labute approximate surface area is 206 Å². The third-order valence-electron chi connectivity index (χ3n) is 7.49. The molecule has 2 aromatic rings. The zero-order valence-electron chi connectivity index (χ0n) is 20.8. The van der Waals surface area contributed by atoms with Crippen LogP contribution in [-0.2, 0) is 14.3 Å². The third-order valence-corrected chi connectivity index (χ3v) is 7.49. The zero-order valence-corrected chi connectivity index (χ0v) is 20.8. The fourth-order valence-corrected chi connectivity index (χ4v) is 5.68. The number of amides is 2. The van der Waals surface area contributed by atoms with Crippen LogP contribution >= 0.6 is 0 Å². The number of rotatable bonds is 7. The van der Waals surface area contributed by atoms with Crippen LogP contribution in [-0.4, -0.2) is 52.7 Å². The van der Waals surface area contributed by atoms with Gasteiger partial charge in [-0.3, -0.25) is 4.79 Å². The molecule has 0 saturated carbocycles. The summed E-state index contributed by atoms with van der Waals surface area (Å²) < 4.78 is 5.67. The molecule has 1 saturated heterocycles. The van der Waals surface area contributed by atoms with Gasteiger partial charge in [0.15, 0.2) is 0 Å². The molecule has 2 aliphatic rings. The molecule has 186 valence electrons. The topological polar surface area (TPSA) is 95.9 Å². The summed E-state index contributed by atoms with van der Waals surface area (Å²) in [6.07, 6.45) is 0.921. The molecule has 0 aromatic heterocycles. The number of aliphatic carboxylic acids is 1. The van der Waals surface area contributed by atoms with Crippen LogP contribution in [0.4, 0.5) is 4.79 Å². The number of nitrogens with one attached hydrogen (secondary N) is 1. The quantitative estimate of drug-likeness (QED) is 0.596. The number of hydrogen-bond acceptors (Lipinski definition) is 4. The number of carboxylic acid groups (broad SMARTS) is 1. The second-order valence-electron chi connectivity index (χ2n) is 10.5. The lowest BCUT2D eigenvalue weighted by atomic mass is 9.84. The average Bonchev–Trinajstić information content (AvgIpc) is 3.31. The first kappa shape index (κ1) is 24.8. The predicted octanol–water partition coefficient (Wildman–Crippen LogP) is 4.80. The summed E-state index contributed by atoms with van der Waals surface area (Å²) >= 11 is 0. The highest BCUT2D eigenvalue weighted by molar-refractivity contribution is 5.93. The van der Waals surface area contributed by atoms with Gasteiger partial charge in [0.2, 0.25) is 5.91 Å². The number of carbonyl (C=O) groups is 3. The first-order valence-corrected chi connectivity index (χ1v) is 12.3. The molecular formula is C28H34N2O5. The lowest BCUT2D eigenvalue weighted by Gasteiger charge is -2.36. The maximum absolute atomic E-state index is 13.6. The molecule has 2 atom stereocenters. The molecular weight excluding hydrogens is 444 g/mol. The van der Waals surface area contributed by atoms with E-state index in [2.05, 4.69) is 17.4 Å². The smallest absolute Gasteiger partial charge is 0.408 e. The molecule has 1 aliphatic carbocycles. The Morgan fingerprint density at radius 3 is 2.20 bits per heavy atom. The average molecular weight is 479 g/mol. The Balaban J connectivity index is 1.49. The van der Waals surface area contributed by atoms with E-state index in [-0.39, 0.29) is 18.4 Å². The van der Waals surface area contributed by atoms with Crippen LogP contribution in [0.25, 0.3) is 11.1 Å². The molecule has 2 aromatic carbocycles. The van der Waals surface area contributed by atoms with E-state index in [1.807, 2.05) is 57.2 Å². The minimum atomic E-state index is -1.26. The number of benzene rings is 2. The van der Waals surface area contributed by atoms with E-state index in [0.717, 1.165) is 22.3 Å². The number of likely N-dealkylation sites (tertiary alicyclic amines) is 1. The molecule has 1 aliphatic heterocycles. The van der Waals surface area contributed by atoms with Crippen LogP contribution in [0.15, 0.2) is 48.5 Å². The predicted molar refractivity (Wildman–Crippen MR) is 133 cm³/mol. The van der Waals surface area contributed by atoms with E-state index in [9.17, 15) is 19.5 Å². The third kappa shape index (κ3) is 4.51. The van der Waals surface area contributed by atoms with Crippen molar-refractivity contribution >= 4 is 18.0 Å². The van der Waals surface area contributed by atoms with Gasteiger partial charge >= 0.3 is 12.1 Å². The normalized spacial score (nSPS) is 20.0. The van der Waals surface area contributed by atoms with Crippen molar-refractivity contribution in [3.63, 3.8) is 0 Å². The van der Waals surface area contributed by atoms with E-state index < -0.39 is 29.1 Å². The van der Waals surface area contributed by atoms with E-state index in [0.29, 0.717) is 25.8 Å². The lowest BCUT2D eigenvalue weighted by molar-refractivity contribution is -0.153. The van der Waals surface area contributed by atoms with Crippen LogP contribution in [0.5, 0.6) is 0 Å². The SMILES string of the molecule is CCCC(C)(NC(=O)OCC1c2ccccc2-c2ccccc21)C(=O)N1CCC(C)(C)C1C(=O)O. The molecule has 2 amide bonds. The summed E-state index contributed by atoms with van der Waals surface area (Å²) in [4.78, 5) is 39.9. The monoisotopic (exact) mass is 478 g/mol. The number of carboxylic acids is 1. The summed E-state index contributed by atoms with van der Waals surface area (Å²) in [5, 5.41) is 12.6. The second kappa shape index (κ2) is 9.36. The summed E-state index contributed by atoms with van der Waals surface area (Å²) in [6, 6.07) is 15.3. The molecule has 1 heterocycles. The van der Waals surface area contributed by atoms with Crippen molar-refractivity contribution < 1.29 is 24.2 Å². The Kier molecular flexibility index (Phi) is 6.62. The van der Waals surface area contributed by atoms with Gasteiger partial charge in [0, 0.05) is 12.5 Å². The molecule has 7 heteroatoms. The van der Waals surface area contributed by atoms with E-state index in [1.54, 1.807) is 6.92 Å². The highest BCUT2D eigenvalue weighted by Gasteiger charge is 2.51. The maximum Gasteiger partial charge on any atom is 0.408 e. The van der Waals surface area contributed by atoms with E-state index in [1.165, 1.54) is 4.90 Å². The summed E-state index contributed by atoms with van der Waals surface area (Å²) in [5.74, 6) is -1.50. The second-order valence-corrected chi connectivity index (χ2v) is 10.5. The van der Waals surface area contributed by atoms with E-state index >= 15 is 0 Å². The van der Waals surface area contributed by atoms with Gasteiger partial charge in [0.1, 0.15) is 18.2 Å². The highest BCUT2D eigenvalue weighted by atomic mass is 16.5. The standard InChI is InChI=1S/C28H34N2O5/c1-5-14-28(4,25(33)30-16-15-27(2,3)23(30)24(31)32)29-26(34)35-17-22-20-12-8-6-10-18(20)19-11-7-9-13-21(19)22/h6-13,22-23H,5,14-17H2,1-4H3,(H,29,34)(H,31,32). The minimum Gasteiger partial charge on any atom is -0.480 e. The van der Waals surface area contributed by atoms with Crippen LogP contribution < -0.4 is 5.32 Å².